The quantitative estimate of drug-likeness (QED) is 0.201. The van der Waals surface area contributed by atoms with E-state index in [1.54, 1.807) is 78.9 Å². The third-order valence-corrected chi connectivity index (χ3v) is 5.95. The summed E-state index contributed by atoms with van der Waals surface area (Å²) in [5.41, 5.74) is 2.13. The minimum absolute atomic E-state index is 0.246. The molecule has 0 radical (unpaired) electrons. The number of nitrogens with zero attached hydrogens (tertiary/aromatic N) is 2. The van der Waals surface area contributed by atoms with Crippen LogP contribution in [-0.2, 0) is 13.9 Å². The first-order chi connectivity index (χ1) is 17.1. The molecule has 0 fully saturated rings. The highest BCUT2D eigenvalue weighted by Crippen LogP contribution is 2.50. The Morgan fingerprint density at radius 3 is 1.89 bits per heavy atom. The number of benzene rings is 3. The van der Waals surface area contributed by atoms with Gasteiger partial charge >= 0.3 is 7.82 Å². The van der Waals surface area contributed by atoms with Gasteiger partial charge in [-0.15, -0.1) is 0 Å². The summed E-state index contributed by atoms with van der Waals surface area (Å²) in [6.07, 6.45) is 4.97. The van der Waals surface area contributed by atoms with Gasteiger partial charge < -0.3 is 13.8 Å². The highest BCUT2D eigenvalue weighted by molar-refractivity contribution is 7.49. The molecule has 0 atom stereocenters. The van der Waals surface area contributed by atoms with Crippen LogP contribution in [0.2, 0.25) is 0 Å². The third-order valence-electron chi connectivity index (χ3n) is 4.80. The second-order valence-corrected chi connectivity index (χ2v) is 8.59. The molecule has 4 rings (SSSR count). The molecule has 0 saturated carbocycles. The van der Waals surface area contributed by atoms with Crippen LogP contribution in [0.1, 0.15) is 5.56 Å². The number of phosphoric ester groups is 1. The number of hydrogen-bond acceptors (Lipinski definition) is 7. The van der Waals surface area contributed by atoms with Crippen molar-refractivity contribution in [3.8, 4) is 17.6 Å². The van der Waals surface area contributed by atoms with Crippen LogP contribution in [-0.4, -0.2) is 12.8 Å². The fourth-order valence-corrected chi connectivity index (χ4v) is 4.23. The van der Waals surface area contributed by atoms with Gasteiger partial charge in [-0.25, -0.2) is 0 Å². The summed E-state index contributed by atoms with van der Waals surface area (Å²) < 4.78 is 35.4. The van der Waals surface area contributed by atoms with E-state index >= 15 is 0 Å². The second-order valence-electron chi connectivity index (χ2n) is 7.17. The molecule has 0 amide bonds. The maximum Gasteiger partial charge on any atom is 0.668 e. The van der Waals surface area contributed by atoms with Crippen LogP contribution < -0.4 is 9.05 Å². The third kappa shape index (κ3) is 6.08. The molecule has 0 bridgehead atoms. The van der Waals surface area contributed by atoms with Gasteiger partial charge in [0.1, 0.15) is 29.0 Å². The number of oxime groups is 1. The first kappa shape index (κ1) is 23.6. The van der Waals surface area contributed by atoms with Gasteiger partial charge in [0.05, 0.1) is 12.7 Å². The van der Waals surface area contributed by atoms with Gasteiger partial charge in [-0.1, -0.05) is 78.0 Å². The van der Waals surface area contributed by atoms with Crippen molar-refractivity contribution in [2.45, 2.75) is 0 Å². The zero-order chi connectivity index (χ0) is 24.5. The Balaban J connectivity index is 1.63. The van der Waals surface area contributed by atoms with Crippen molar-refractivity contribution in [3.05, 3.63) is 126 Å². The largest absolute Gasteiger partial charge is 0.668 e. The number of phosphoric acid groups is 1. The normalized spacial score (nSPS) is 15.5. The van der Waals surface area contributed by atoms with Crippen molar-refractivity contribution in [3.63, 3.8) is 0 Å². The second kappa shape index (κ2) is 11.1. The smallest absolute Gasteiger partial charge is 0.494 e. The van der Waals surface area contributed by atoms with Crippen LogP contribution in [0.25, 0.3) is 5.57 Å². The zero-order valence-electron chi connectivity index (χ0n) is 18.8. The lowest BCUT2D eigenvalue weighted by molar-refractivity contribution is 0.216. The first-order valence-corrected chi connectivity index (χ1v) is 12.1. The summed E-state index contributed by atoms with van der Waals surface area (Å²) in [6, 6.07) is 28.6. The van der Waals surface area contributed by atoms with Crippen molar-refractivity contribution in [1.29, 1.82) is 5.26 Å². The Kier molecular flexibility index (Phi) is 7.47. The van der Waals surface area contributed by atoms with Crippen LogP contribution in [0, 0.1) is 11.3 Å². The molecule has 0 unspecified atom stereocenters. The van der Waals surface area contributed by atoms with E-state index < -0.39 is 7.82 Å². The van der Waals surface area contributed by atoms with Gasteiger partial charge in [0, 0.05) is 0 Å². The summed E-state index contributed by atoms with van der Waals surface area (Å²) in [6.45, 7) is 0. The lowest BCUT2D eigenvalue weighted by atomic mass is 9.97. The number of ether oxygens (including phenoxy) is 1. The number of rotatable bonds is 8. The molecule has 3 aromatic rings. The lowest BCUT2D eigenvalue weighted by Crippen LogP contribution is -2.09. The van der Waals surface area contributed by atoms with Crippen molar-refractivity contribution >= 4 is 19.1 Å². The minimum atomic E-state index is -4.22. The molecule has 1 aliphatic carbocycles. The molecule has 1 aliphatic rings. The highest BCUT2D eigenvalue weighted by Gasteiger charge is 2.34. The predicted molar refractivity (Wildman–Crippen MR) is 133 cm³/mol. The van der Waals surface area contributed by atoms with E-state index in [9.17, 15) is 9.83 Å². The average Bonchev–Trinajstić information content (AvgIpc) is 2.90. The number of para-hydroxylation sites is 2. The molecule has 0 heterocycles. The number of allylic oxidation sites excluding steroid dienone is 5. The van der Waals surface area contributed by atoms with E-state index in [0.29, 0.717) is 28.4 Å². The van der Waals surface area contributed by atoms with Gasteiger partial charge in [0.2, 0.25) is 0 Å². The molecule has 0 saturated heterocycles. The molecule has 7 nitrogen and oxygen atoms in total. The molecule has 8 heteroatoms. The number of hydrogen-bond donors (Lipinski definition) is 0. The van der Waals surface area contributed by atoms with E-state index in [4.69, 9.17) is 18.4 Å². The summed E-state index contributed by atoms with van der Waals surface area (Å²) in [5.74, 6) is 0.901. The lowest BCUT2D eigenvalue weighted by Gasteiger charge is -2.17. The van der Waals surface area contributed by atoms with Crippen LogP contribution in [0.3, 0.4) is 0 Å². The van der Waals surface area contributed by atoms with Crippen LogP contribution in [0.5, 0.6) is 11.5 Å². The molecule has 174 valence electrons. The Morgan fingerprint density at radius 2 is 1.37 bits per heavy atom. The zero-order valence-corrected chi connectivity index (χ0v) is 19.7. The number of methoxy groups -OCH3 is 1. The molecular weight excluding hydrogens is 463 g/mol. The summed E-state index contributed by atoms with van der Waals surface area (Å²) in [5, 5.41) is 13.7. The topological polar surface area (TPSA) is 90.1 Å². The van der Waals surface area contributed by atoms with Gasteiger partial charge in [-0.05, 0) is 47.6 Å². The Hall–Kier alpha value is -4.53. The summed E-state index contributed by atoms with van der Waals surface area (Å²) in [7, 11) is -2.76. The molecule has 35 heavy (non-hydrogen) atoms. The SMILES string of the molecule is COC1=CC(=C(/C#N)c2ccccc2)/C=CC/1=N\OP(=O)(Oc1ccccc1)Oc1ccccc1. The molecule has 3 aromatic carbocycles. The van der Waals surface area contributed by atoms with Crippen LogP contribution in [0.4, 0.5) is 0 Å². The Morgan fingerprint density at radius 1 is 0.829 bits per heavy atom. The van der Waals surface area contributed by atoms with Gasteiger partial charge in [-0.2, -0.15) is 9.83 Å². The monoisotopic (exact) mass is 484 g/mol. The minimum Gasteiger partial charge on any atom is -0.494 e. The van der Waals surface area contributed by atoms with E-state index in [1.807, 2.05) is 30.3 Å². The standard InChI is InChI=1S/C27H21N2O5P/c1-31-27-19-22(25(20-28)21-11-5-2-6-12-21)17-18-26(27)29-34-35(30,32-23-13-7-3-8-14-23)33-24-15-9-4-10-16-24/h2-19H,1H3/b25-22-,29-26+. The van der Waals surface area contributed by atoms with E-state index in [1.165, 1.54) is 7.11 Å². The molecule has 0 N–H and O–H groups in total. The van der Waals surface area contributed by atoms with Gasteiger partial charge in [0.25, 0.3) is 0 Å². The number of nitriles is 1. The van der Waals surface area contributed by atoms with E-state index in [2.05, 4.69) is 11.2 Å². The van der Waals surface area contributed by atoms with Crippen molar-refractivity contribution < 1.29 is 23.0 Å². The summed E-state index contributed by atoms with van der Waals surface area (Å²) >= 11 is 0. The average molecular weight is 484 g/mol. The molecule has 0 spiro atoms. The van der Waals surface area contributed by atoms with Crippen LogP contribution >= 0.6 is 7.82 Å². The Labute approximate surface area is 203 Å². The van der Waals surface area contributed by atoms with Gasteiger partial charge in [0.15, 0.2) is 0 Å². The fraction of sp³-hybridized carbons (Fsp3) is 0.0370. The maximum absolute atomic E-state index is 13.5. The fourth-order valence-electron chi connectivity index (χ4n) is 3.18. The van der Waals surface area contributed by atoms with Crippen molar-refractivity contribution in [1.82, 2.24) is 0 Å². The van der Waals surface area contributed by atoms with Crippen molar-refractivity contribution in [2.24, 2.45) is 5.16 Å². The van der Waals surface area contributed by atoms with Crippen LogP contribution in [0.15, 0.2) is 126 Å². The molecular formula is C27H21N2O5P. The van der Waals surface area contributed by atoms with E-state index in [-0.39, 0.29) is 5.71 Å². The van der Waals surface area contributed by atoms with Gasteiger partial charge in [-0.3, -0.25) is 4.62 Å². The molecule has 0 aromatic heterocycles. The van der Waals surface area contributed by atoms with Crippen molar-refractivity contribution in [2.75, 3.05) is 7.11 Å². The predicted octanol–water partition coefficient (Wildman–Crippen LogP) is 6.70. The first-order valence-electron chi connectivity index (χ1n) is 10.6. The maximum atomic E-state index is 13.5. The van der Waals surface area contributed by atoms with E-state index in [0.717, 1.165) is 5.56 Å². The Bertz CT molecular complexity index is 1330. The summed E-state index contributed by atoms with van der Waals surface area (Å²) in [4.78, 5) is 0. The highest BCUT2D eigenvalue weighted by atomic mass is 31.2. The molecule has 0 aliphatic heterocycles.